The lowest BCUT2D eigenvalue weighted by Gasteiger charge is -2.23. The number of nitrogens with zero attached hydrogens (tertiary/aromatic N) is 2. The van der Waals surface area contributed by atoms with Crippen LogP contribution in [0.25, 0.3) is 0 Å². The number of anilines is 3. The first-order chi connectivity index (χ1) is 14.6. The molecule has 0 heterocycles. The summed E-state index contributed by atoms with van der Waals surface area (Å²) in [5.74, 6) is -1.92. The van der Waals surface area contributed by atoms with Crippen molar-refractivity contribution >= 4 is 28.9 Å². The molecule has 0 bridgehead atoms. The molecule has 0 fully saturated rings. The van der Waals surface area contributed by atoms with Gasteiger partial charge in [-0.05, 0) is 36.4 Å². The summed E-state index contributed by atoms with van der Waals surface area (Å²) in [6.07, 6.45) is 0. The van der Waals surface area contributed by atoms with Crippen molar-refractivity contribution < 1.29 is 19.1 Å². The summed E-state index contributed by atoms with van der Waals surface area (Å²) in [5, 5.41) is 14.0. The smallest absolute Gasteiger partial charge is 0.271 e. The van der Waals surface area contributed by atoms with E-state index in [1.807, 2.05) is 0 Å². The van der Waals surface area contributed by atoms with Gasteiger partial charge in [-0.3, -0.25) is 29.6 Å². The van der Waals surface area contributed by atoms with Crippen LogP contribution in [0.15, 0.2) is 52.1 Å². The highest BCUT2D eigenvalue weighted by Crippen LogP contribution is 2.32. The number of aromatic hydroxyl groups is 1. The van der Waals surface area contributed by atoms with Gasteiger partial charge in [-0.1, -0.05) is 6.07 Å². The highest BCUT2D eigenvalue weighted by atomic mass is 19.1. The van der Waals surface area contributed by atoms with Gasteiger partial charge in [0.05, 0.1) is 11.3 Å². The monoisotopic (exact) mass is 426 g/mol. The topological polar surface area (TPSA) is 119 Å². The van der Waals surface area contributed by atoms with Crippen LogP contribution in [-0.4, -0.2) is 48.0 Å². The molecule has 160 valence electrons. The van der Waals surface area contributed by atoms with Crippen LogP contribution in [-0.2, 0) is 0 Å². The molecule has 0 atom stereocenters. The maximum Gasteiger partial charge on any atom is 0.271 e. The van der Waals surface area contributed by atoms with Crippen LogP contribution >= 0.6 is 0 Å². The second-order valence-electron chi connectivity index (χ2n) is 6.92. The minimum atomic E-state index is -0.860. The Kier molecular flexibility index (Phi) is 5.73. The fraction of sp³-hybridized carbons (Fsp3) is 0.143. The molecule has 0 saturated heterocycles. The lowest BCUT2D eigenvalue weighted by molar-refractivity contribution is 0.0817. The standard InChI is InChI=1S/C21H19FN4O5/c1-25(2)21(31)13-5-4-6-14(17(13)27)23-15-16(19(29)18(15)28)24-26(3)20(30)11-7-9-12(22)10-8-11/h4-10,23-24,27H,1-3H3. The molecular weight excluding hydrogens is 407 g/mol. The summed E-state index contributed by atoms with van der Waals surface area (Å²) >= 11 is 0. The molecule has 9 nitrogen and oxygen atoms in total. The summed E-state index contributed by atoms with van der Waals surface area (Å²) in [7, 11) is 4.38. The highest BCUT2D eigenvalue weighted by Gasteiger charge is 2.25. The molecule has 0 radical (unpaired) electrons. The van der Waals surface area contributed by atoms with Crippen molar-refractivity contribution in [2.75, 3.05) is 31.9 Å². The van der Waals surface area contributed by atoms with Crippen molar-refractivity contribution in [3.8, 4) is 5.75 Å². The fourth-order valence-electron chi connectivity index (χ4n) is 2.81. The van der Waals surface area contributed by atoms with E-state index in [1.165, 1.54) is 56.4 Å². The molecule has 0 aliphatic carbocycles. The van der Waals surface area contributed by atoms with E-state index in [2.05, 4.69) is 10.7 Å². The molecule has 3 aromatic rings. The van der Waals surface area contributed by atoms with Gasteiger partial charge in [-0.15, -0.1) is 0 Å². The zero-order valence-corrected chi connectivity index (χ0v) is 16.9. The van der Waals surface area contributed by atoms with Gasteiger partial charge < -0.3 is 15.3 Å². The predicted molar refractivity (Wildman–Crippen MR) is 113 cm³/mol. The van der Waals surface area contributed by atoms with Crippen molar-refractivity contribution in [2.45, 2.75) is 0 Å². The summed E-state index contributed by atoms with van der Waals surface area (Å²) in [6.45, 7) is 0. The molecule has 0 aliphatic heterocycles. The molecule has 0 aromatic heterocycles. The van der Waals surface area contributed by atoms with Gasteiger partial charge in [-0.2, -0.15) is 0 Å². The molecule has 0 spiro atoms. The third kappa shape index (κ3) is 4.08. The van der Waals surface area contributed by atoms with E-state index >= 15 is 0 Å². The Hall–Kier alpha value is -4.21. The predicted octanol–water partition coefficient (Wildman–Crippen LogP) is 1.67. The largest absolute Gasteiger partial charge is 0.505 e. The van der Waals surface area contributed by atoms with E-state index in [1.54, 1.807) is 0 Å². The second kappa shape index (κ2) is 8.27. The van der Waals surface area contributed by atoms with Crippen molar-refractivity contribution in [3.05, 3.63) is 79.9 Å². The number of rotatable bonds is 6. The summed E-state index contributed by atoms with van der Waals surface area (Å²) in [5.41, 5.74) is 0.669. The first-order valence-electron chi connectivity index (χ1n) is 9.06. The van der Waals surface area contributed by atoms with E-state index in [4.69, 9.17) is 0 Å². The Morgan fingerprint density at radius 1 is 0.903 bits per heavy atom. The number of carbonyl (C=O) groups excluding carboxylic acids is 2. The maximum atomic E-state index is 13.1. The average Bonchev–Trinajstić information content (AvgIpc) is 2.76. The van der Waals surface area contributed by atoms with E-state index in [0.29, 0.717) is 0 Å². The van der Waals surface area contributed by atoms with Gasteiger partial charge in [0.1, 0.15) is 17.2 Å². The minimum Gasteiger partial charge on any atom is -0.505 e. The Balaban J connectivity index is 1.84. The number of phenolic OH excluding ortho intramolecular Hbond substituents is 1. The lowest BCUT2D eigenvalue weighted by atomic mass is 10.1. The average molecular weight is 426 g/mol. The first kappa shape index (κ1) is 21.5. The third-order valence-corrected chi connectivity index (χ3v) is 4.52. The Labute approximate surface area is 176 Å². The van der Waals surface area contributed by atoms with Gasteiger partial charge in [-0.25, -0.2) is 4.39 Å². The number of hydrazine groups is 1. The number of phenols is 1. The van der Waals surface area contributed by atoms with Crippen LogP contribution in [0.4, 0.5) is 21.5 Å². The van der Waals surface area contributed by atoms with Crippen molar-refractivity contribution in [2.24, 2.45) is 0 Å². The molecule has 3 aromatic carbocycles. The number of para-hydroxylation sites is 1. The van der Waals surface area contributed by atoms with Gasteiger partial charge in [0.25, 0.3) is 22.7 Å². The summed E-state index contributed by atoms with van der Waals surface area (Å²) in [6, 6.07) is 9.15. The van der Waals surface area contributed by atoms with Gasteiger partial charge in [0.15, 0.2) is 5.75 Å². The number of carbonyl (C=O) groups is 2. The van der Waals surface area contributed by atoms with Crippen LogP contribution in [0, 0.1) is 5.82 Å². The van der Waals surface area contributed by atoms with Crippen molar-refractivity contribution in [1.29, 1.82) is 0 Å². The molecule has 0 unspecified atom stereocenters. The summed E-state index contributed by atoms with van der Waals surface area (Å²) < 4.78 is 13.1. The molecule has 3 N–H and O–H groups in total. The van der Waals surface area contributed by atoms with Crippen LogP contribution in [0.2, 0.25) is 0 Å². The van der Waals surface area contributed by atoms with Crippen LogP contribution in [0.3, 0.4) is 0 Å². The van der Waals surface area contributed by atoms with Gasteiger partial charge in [0, 0.05) is 26.7 Å². The highest BCUT2D eigenvalue weighted by molar-refractivity contribution is 5.99. The molecule has 0 saturated carbocycles. The Morgan fingerprint density at radius 2 is 1.52 bits per heavy atom. The molecule has 2 amide bonds. The fourth-order valence-corrected chi connectivity index (χ4v) is 2.81. The van der Waals surface area contributed by atoms with E-state index < -0.39 is 34.2 Å². The number of benzene rings is 2. The summed E-state index contributed by atoms with van der Waals surface area (Å²) in [4.78, 5) is 50.0. The lowest BCUT2D eigenvalue weighted by Crippen LogP contribution is -2.42. The molecule has 10 heteroatoms. The molecule has 0 aliphatic rings. The maximum absolute atomic E-state index is 13.1. The van der Waals surface area contributed by atoms with E-state index in [9.17, 15) is 28.7 Å². The molecule has 31 heavy (non-hydrogen) atoms. The Morgan fingerprint density at radius 3 is 2.13 bits per heavy atom. The van der Waals surface area contributed by atoms with Gasteiger partial charge >= 0.3 is 0 Å². The minimum absolute atomic E-state index is 0.00631. The van der Waals surface area contributed by atoms with Crippen LogP contribution in [0.5, 0.6) is 5.75 Å². The Bertz CT molecular complexity index is 1230. The second-order valence-corrected chi connectivity index (χ2v) is 6.92. The van der Waals surface area contributed by atoms with E-state index in [0.717, 1.165) is 17.1 Å². The quantitative estimate of drug-likeness (QED) is 0.312. The van der Waals surface area contributed by atoms with Crippen molar-refractivity contribution in [3.63, 3.8) is 0 Å². The number of nitrogens with one attached hydrogen (secondary N) is 2. The SMILES string of the molecule is CN(C)C(=O)c1cccc(Nc2c(NN(C)C(=O)c3ccc(F)cc3)c(=O)c2=O)c1O. The molecule has 3 rings (SSSR count). The number of hydrogen-bond donors (Lipinski definition) is 3. The van der Waals surface area contributed by atoms with Crippen LogP contribution < -0.4 is 21.6 Å². The van der Waals surface area contributed by atoms with Crippen LogP contribution in [0.1, 0.15) is 20.7 Å². The van der Waals surface area contributed by atoms with Crippen molar-refractivity contribution in [1.82, 2.24) is 9.91 Å². The zero-order valence-electron chi connectivity index (χ0n) is 16.9. The zero-order chi connectivity index (χ0) is 22.9. The van der Waals surface area contributed by atoms with Gasteiger partial charge in [0.2, 0.25) is 0 Å². The normalized spacial score (nSPS) is 10.6. The first-order valence-corrected chi connectivity index (χ1v) is 9.06. The molecular formula is C21H19FN4O5. The number of halogens is 1. The van der Waals surface area contributed by atoms with E-state index in [-0.39, 0.29) is 28.2 Å². The number of amides is 2. The third-order valence-electron chi connectivity index (χ3n) is 4.52. The number of hydrogen-bond acceptors (Lipinski definition) is 7.